The normalized spacial score (nSPS) is 10.6. The molecule has 5 heteroatoms. The fraction of sp³-hybridized carbons (Fsp3) is 0.333. The van der Waals surface area contributed by atoms with Gasteiger partial charge in [0.15, 0.2) is 5.82 Å². The molecule has 1 aromatic carbocycles. The van der Waals surface area contributed by atoms with Gasteiger partial charge in [-0.25, -0.2) is 0 Å². The SMILES string of the molecule is CC(C)c1cc(NC(=O)CCOc2ccccc2)n[nH]1. The van der Waals surface area contributed by atoms with Gasteiger partial charge in [0.2, 0.25) is 5.91 Å². The summed E-state index contributed by atoms with van der Waals surface area (Å²) in [7, 11) is 0. The highest BCUT2D eigenvalue weighted by Crippen LogP contribution is 2.15. The van der Waals surface area contributed by atoms with Crippen molar-refractivity contribution in [2.24, 2.45) is 0 Å². The number of para-hydroxylation sites is 1. The van der Waals surface area contributed by atoms with Crippen LogP contribution in [0.2, 0.25) is 0 Å². The second-order valence-electron chi connectivity index (χ2n) is 4.82. The first-order valence-electron chi connectivity index (χ1n) is 6.68. The van der Waals surface area contributed by atoms with Gasteiger partial charge in [-0.2, -0.15) is 5.10 Å². The number of amides is 1. The lowest BCUT2D eigenvalue weighted by atomic mass is 10.1. The summed E-state index contributed by atoms with van der Waals surface area (Å²) in [5.41, 5.74) is 1.00. The Morgan fingerprint density at radius 3 is 2.75 bits per heavy atom. The van der Waals surface area contributed by atoms with E-state index in [2.05, 4.69) is 29.4 Å². The molecule has 1 amide bonds. The minimum absolute atomic E-state index is 0.109. The number of aromatic amines is 1. The Kier molecular flexibility index (Phi) is 4.76. The zero-order valence-electron chi connectivity index (χ0n) is 11.7. The van der Waals surface area contributed by atoms with E-state index in [9.17, 15) is 4.79 Å². The van der Waals surface area contributed by atoms with E-state index in [0.717, 1.165) is 11.4 Å². The Hall–Kier alpha value is -2.30. The number of hydrogen-bond donors (Lipinski definition) is 2. The number of aromatic nitrogens is 2. The minimum atomic E-state index is -0.109. The van der Waals surface area contributed by atoms with Crippen molar-refractivity contribution < 1.29 is 9.53 Å². The van der Waals surface area contributed by atoms with Crippen LogP contribution in [0.1, 0.15) is 31.9 Å². The molecule has 0 aliphatic heterocycles. The highest BCUT2D eigenvalue weighted by atomic mass is 16.5. The maximum absolute atomic E-state index is 11.7. The fourth-order valence-electron chi connectivity index (χ4n) is 1.68. The summed E-state index contributed by atoms with van der Waals surface area (Å²) in [6.45, 7) is 4.47. The number of carbonyl (C=O) groups is 1. The summed E-state index contributed by atoms with van der Waals surface area (Å²) in [5, 5.41) is 9.68. The summed E-state index contributed by atoms with van der Waals surface area (Å²) in [5.74, 6) is 1.57. The molecule has 106 valence electrons. The number of hydrogen-bond acceptors (Lipinski definition) is 3. The van der Waals surface area contributed by atoms with Crippen LogP contribution < -0.4 is 10.1 Å². The molecular formula is C15H19N3O2. The number of rotatable bonds is 6. The molecule has 1 heterocycles. The Morgan fingerprint density at radius 2 is 2.10 bits per heavy atom. The average Bonchev–Trinajstić information content (AvgIpc) is 2.88. The molecule has 0 fully saturated rings. The van der Waals surface area contributed by atoms with Crippen molar-refractivity contribution in [2.75, 3.05) is 11.9 Å². The molecule has 0 saturated carbocycles. The smallest absolute Gasteiger partial charge is 0.229 e. The topological polar surface area (TPSA) is 67.0 Å². The molecule has 0 unspecified atom stereocenters. The fourth-order valence-corrected chi connectivity index (χ4v) is 1.68. The van der Waals surface area contributed by atoms with Crippen molar-refractivity contribution in [3.05, 3.63) is 42.1 Å². The molecule has 20 heavy (non-hydrogen) atoms. The van der Waals surface area contributed by atoms with Crippen LogP contribution in [-0.2, 0) is 4.79 Å². The zero-order valence-corrected chi connectivity index (χ0v) is 11.7. The number of benzene rings is 1. The van der Waals surface area contributed by atoms with Gasteiger partial charge in [-0.1, -0.05) is 32.0 Å². The third kappa shape index (κ3) is 4.12. The van der Waals surface area contributed by atoms with E-state index in [1.54, 1.807) is 0 Å². The Morgan fingerprint density at radius 1 is 1.35 bits per heavy atom. The number of H-pyrrole nitrogens is 1. The van der Waals surface area contributed by atoms with Crippen molar-refractivity contribution in [1.82, 2.24) is 10.2 Å². The van der Waals surface area contributed by atoms with Crippen molar-refractivity contribution >= 4 is 11.7 Å². The van der Waals surface area contributed by atoms with Crippen LogP contribution in [-0.4, -0.2) is 22.7 Å². The standard InChI is InChI=1S/C15H19N3O2/c1-11(2)13-10-14(18-17-13)16-15(19)8-9-20-12-6-4-3-5-7-12/h3-7,10-11H,8-9H2,1-2H3,(H2,16,17,18,19). The highest BCUT2D eigenvalue weighted by Gasteiger charge is 2.08. The molecule has 1 aromatic heterocycles. The number of ether oxygens (including phenoxy) is 1. The van der Waals surface area contributed by atoms with Gasteiger partial charge in [0.05, 0.1) is 13.0 Å². The van der Waals surface area contributed by atoms with Crippen LogP contribution in [0.5, 0.6) is 5.75 Å². The summed E-state index contributed by atoms with van der Waals surface area (Å²) < 4.78 is 5.47. The molecule has 0 radical (unpaired) electrons. The van der Waals surface area contributed by atoms with Gasteiger partial charge < -0.3 is 10.1 Å². The summed E-state index contributed by atoms with van der Waals surface area (Å²) >= 11 is 0. The predicted molar refractivity (Wildman–Crippen MR) is 77.9 cm³/mol. The van der Waals surface area contributed by atoms with Gasteiger partial charge in [0.1, 0.15) is 5.75 Å². The lowest BCUT2D eigenvalue weighted by Gasteiger charge is -2.05. The van der Waals surface area contributed by atoms with Crippen molar-refractivity contribution in [2.45, 2.75) is 26.2 Å². The van der Waals surface area contributed by atoms with E-state index in [-0.39, 0.29) is 5.91 Å². The van der Waals surface area contributed by atoms with Crippen molar-refractivity contribution in [3.63, 3.8) is 0 Å². The summed E-state index contributed by atoms with van der Waals surface area (Å²) in [4.78, 5) is 11.7. The molecule has 2 aromatic rings. The third-order valence-corrected chi connectivity index (χ3v) is 2.83. The first-order chi connectivity index (χ1) is 9.65. The first-order valence-corrected chi connectivity index (χ1v) is 6.68. The van der Waals surface area contributed by atoms with E-state index < -0.39 is 0 Å². The van der Waals surface area contributed by atoms with Crippen LogP contribution in [0.3, 0.4) is 0 Å². The van der Waals surface area contributed by atoms with Crippen LogP contribution in [0, 0.1) is 0 Å². The molecule has 0 aliphatic rings. The average molecular weight is 273 g/mol. The highest BCUT2D eigenvalue weighted by molar-refractivity contribution is 5.89. The second kappa shape index (κ2) is 6.75. The van der Waals surface area contributed by atoms with Gasteiger partial charge in [0, 0.05) is 11.8 Å². The Balaban J connectivity index is 1.75. The monoisotopic (exact) mass is 273 g/mol. The van der Waals surface area contributed by atoms with Gasteiger partial charge in [-0.05, 0) is 18.1 Å². The lowest BCUT2D eigenvalue weighted by Crippen LogP contribution is -2.15. The largest absolute Gasteiger partial charge is 0.493 e. The van der Waals surface area contributed by atoms with Crippen LogP contribution in [0.4, 0.5) is 5.82 Å². The number of anilines is 1. The first kappa shape index (κ1) is 14.1. The third-order valence-electron chi connectivity index (χ3n) is 2.83. The lowest BCUT2D eigenvalue weighted by molar-refractivity contribution is -0.116. The van der Waals surface area contributed by atoms with Crippen LogP contribution >= 0.6 is 0 Å². The van der Waals surface area contributed by atoms with Crippen molar-refractivity contribution in [1.29, 1.82) is 0 Å². The quantitative estimate of drug-likeness (QED) is 0.850. The van der Waals surface area contributed by atoms with Gasteiger partial charge >= 0.3 is 0 Å². The summed E-state index contributed by atoms with van der Waals surface area (Å²) in [6.07, 6.45) is 0.290. The molecule has 2 N–H and O–H groups in total. The Labute approximate surface area is 118 Å². The van der Waals surface area contributed by atoms with Crippen LogP contribution in [0.15, 0.2) is 36.4 Å². The molecule has 0 spiro atoms. The Bertz CT molecular complexity index is 549. The predicted octanol–water partition coefficient (Wildman–Crippen LogP) is 2.94. The molecule has 5 nitrogen and oxygen atoms in total. The molecule has 0 atom stereocenters. The summed E-state index contributed by atoms with van der Waals surface area (Å²) in [6, 6.07) is 11.3. The molecule has 0 aliphatic carbocycles. The van der Waals surface area contributed by atoms with Gasteiger partial charge in [0.25, 0.3) is 0 Å². The van der Waals surface area contributed by atoms with Crippen LogP contribution in [0.25, 0.3) is 0 Å². The number of carbonyl (C=O) groups excluding carboxylic acids is 1. The van der Waals surface area contributed by atoms with E-state index in [1.807, 2.05) is 36.4 Å². The maximum Gasteiger partial charge on any atom is 0.229 e. The second-order valence-corrected chi connectivity index (χ2v) is 4.82. The molecular weight excluding hydrogens is 254 g/mol. The van der Waals surface area contributed by atoms with E-state index >= 15 is 0 Å². The van der Waals surface area contributed by atoms with Gasteiger partial charge in [-0.3, -0.25) is 9.89 Å². The molecule has 2 rings (SSSR count). The van der Waals surface area contributed by atoms with E-state index in [0.29, 0.717) is 24.8 Å². The van der Waals surface area contributed by atoms with Crippen molar-refractivity contribution in [3.8, 4) is 5.75 Å². The molecule has 0 saturated heterocycles. The zero-order chi connectivity index (χ0) is 14.4. The van der Waals surface area contributed by atoms with E-state index in [4.69, 9.17) is 4.74 Å². The number of nitrogens with one attached hydrogen (secondary N) is 2. The number of nitrogens with zero attached hydrogens (tertiary/aromatic N) is 1. The van der Waals surface area contributed by atoms with E-state index in [1.165, 1.54) is 0 Å². The van der Waals surface area contributed by atoms with Gasteiger partial charge in [-0.15, -0.1) is 0 Å². The maximum atomic E-state index is 11.7. The molecule has 0 bridgehead atoms. The minimum Gasteiger partial charge on any atom is -0.493 e.